The van der Waals surface area contributed by atoms with Crippen LogP contribution in [-0.2, 0) is 24.3 Å². The second-order valence-corrected chi connectivity index (χ2v) is 11.2. The van der Waals surface area contributed by atoms with E-state index in [1.54, 1.807) is 6.92 Å². The van der Waals surface area contributed by atoms with Crippen molar-refractivity contribution in [1.29, 1.82) is 0 Å². The van der Waals surface area contributed by atoms with Gasteiger partial charge in [-0.2, -0.15) is 0 Å². The summed E-state index contributed by atoms with van der Waals surface area (Å²) < 4.78 is 37.0. The maximum Gasteiger partial charge on any atom is 0.429 e. The molecule has 12 heteroatoms. The van der Waals surface area contributed by atoms with Gasteiger partial charge in [0.05, 0.1) is 31.1 Å². The zero-order chi connectivity index (χ0) is 24.1. The number of aliphatic hydroxyl groups is 1. The van der Waals surface area contributed by atoms with Crippen LogP contribution in [0.2, 0.25) is 0 Å². The molecule has 5 atom stereocenters. The van der Waals surface area contributed by atoms with Crippen molar-refractivity contribution in [2.75, 3.05) is 19.0 Å². The predicted molar refractivity (Wildman–Crippen MR) is 112 cm³/mol. The predicted octanol–water partition coefficient (Wildman–Crippen LogP) is 1.22. The standard InChI is InChI=1S/C20H33N3O8S/c1-6-30-17(26)21-22(18(27)31-7-2)15(12(3)24)16(25)23-14-10-13-8-9-20(14,19(13,4)5)11-32(23,28)29/h12-15,24H,6-11H2,1-5H3,(H,21,26)/t12-,13?,14-,15+,20?/m1/s1. The quantitative estimate of drug-likeness (QED) is 0.565. The smallest absolute Gasteiger partial charge is 0.429 e. The Bertz CT molecular complexity index is 889. The Morgan fingerprint density at radius 3 is 2.38 bits per heavy atom. The van der Waals surface area contributed by atoms with Crippen molar-refractivity contribution in [2.24, 2.45) is 16.7 Å². The van der Waals surface area contributed by atoms with Gasteiger partial charge in [-0.25, -0.2) is 32.7 Å². The van der Waals surface area contributed by atoms with Gasteiger partial charge in [0.15, 0.2) is 6.04 Å². The first-order chi connectivity index (χ1) is 14.8. The zero-order valence-corrected chi connectivity index (χ0v) is 20.0. The monoisotopic (exact) mass is 475 g/mol. The molecule has 11 nitrogen and oxygen atoms in total. The number of nitrogens with one attached hydrogen (secondary N) is 1. The third kappa shape index (κ3) is 3.60. The second-order valence-electron chi connectivity index (χ2n) is 9.34. The first-order valence-corrected chi connectivity index (χ1v) is 12.6. The lowest BCUT2D eigenvalue weighted by Gasteiger charge is -2.38. The van der Waals surface area contributed by atoms with Gasteiger partial charge in [-0.15, -0.1) is 0 Å². The van der Waals surface area contributed by atoms with E-state index in [0.29, 0.717) is 17.9 Å². The molecule has 2 saturated carbocycles. The van der Waals surface area contributed by atoms with Gasteiger partial charge in [0.1, 0.15) is 0 Å². The highest BCUT2D eigenvalue weighted by Crippen LogP contribution is 2.70. The molecule has 0 aromatic carbocycles. The molecule has 2 bridgehead atoms. The van der Waals surface area contributed by atoms with Gasteiger partial charge in [-0.05, 0) is 51.4 Å². The molecule has 32 heavy (non-hydrogen) atoms. The summed E-state index contributed by atoms with van der Waals surface area (Å²) >= 11 is 0. The van der Waals surface area contributed by atoms with E-state index in [-0.39, 0.29) is 30.3 Å². The Morgan fingerprint density at radius 1 is 1.22 bits per heavy atom. The third-order valence-corrected chi connectivity index (χ3v) is 9.48. The number of ether oxygens (including phenoxy) is 2. The molecule has 0 radical (unpaired) electrons. The summed E-state index contributed by atoms with van der Waals surface area (Å²) in [6, 6.07) is -2.27. The molecule has 2 unspecified atom stereocenters. The molecule has 2 N–H and O–H groups in total. The summed E-state index contributed by atoms with van der Waals surface area (Å²) in [4.78, 5) is 38.3. The number of hydrazine groups is 1. The molecule has 3 amide bonds. The van der Waals surface area contributed by atoms with Gasteiger partial charge in [-0.1, -0.05) is 13.8 Å². The van der Waals surface area contributed by atoms with Crippen LogP contribution in [-0.4, -0.2) is 78.1 Å². The van der Waals surface area contributed by atoms with Crippen molar-refractivity contribution >= 4 is 28.1 Å². The summed E-state index contributed by atoms with van der Waals surface area (Å²) in [6.45, 7) is 8.36. The minimum absolute atomic E-state index is 0.00262. The van der Waals surface area contributed by atoms with Crippen molar-refractivity contribution in [2.45, 2.75) is 72.1 Å². The maximum absolute atomic E-state index is 13.7. The molecule has 182 valence electrons. The van der Waals surface area contributed by atoms with Crippen molar-refractivity contribution in [3.8, 4) is 0 Å². The van der Waals surface area contributed by atoms with Crippen LogP contribution in [0.25, 0.3) is 0 Å². The molecular weight excluding hydrogens is 442 g/mol. The van der Waals surface area contributed by atoms with Crippen molar-refractivity contribution in [3.63, 3.8) is 0 Å². The van der Waals surface area contributed by atoms with Crippen molar-refractivity contribution in [3.05, 3.63) is 0 Å². The number of nitrogens with zero attached hydrogens (tertiary/aromatic N) is 2. The number of sulfonamides is 1. The topological polar surface area (TPSA) is 143 Å². The SMILES string of the molecule is CCOC(=O)NN(C(=O)OCC)[C@H](C(=O)N1[C@@H]2CC3CCC2(CS1(=O)=O)C3(C)C)[C@@H](C)O. The van der Waals surface area contributed by atoms with E-state index < -0.39 is 51.7 Å². The average molecular weight is 476 g/mol. The van der Waals surface area contributed by atoms with Gasteiger partial charge >= 0.3 is 12.2 Å². The zero-order valence-electron chi connectivity index (χ0n) is 19.2. The van der Waals surface area contributed by atoms with Gasteiger partial charge < -0.3 is 14.6 Å². The van der Waals surface area contributed by atoms with Gasteiger partial charge in [0.25, 0.3) is 5.91 Å². The Balaban J connectivity index is 1.99. The van der Waals surface area contributed by atoms with Crippen LogP contribution >= 0.6 is 0 Å². The molecule has 1 spiro atoms. The Morgan fingerprint density at radius 2 is 1.84 bits per heavy atom. The van der Waals surface area contributed by atoms with Crippen LogP contribution in [0, 0.1) is 16.7 Å². The van der Waals surface area contributed by atoms with Crippen LogP contribution < -0.4 is 5.43 Å². The molecule has 1 saturated heterocycles. The van der Waals surface area contributed by atoms with Crippen molar-refractivity contribution < 1.29 is 37.4 Å². The van der Waals surface area contributed by atoms with E-state index in [4.69, 9.17) is 9.47 Å². The summed E-state index contributed by atoms with van der Waals surface area (Å²) in [6.07, 6.45) is -1.53. The Labute approximate surface area is 188 Å². The number of hydrogen-bond acceptors (Lipinski definition) is 8. The van der Waals surface area contributed by atoms with E-state index in [9.17, 15) is 27.9 Å². The highest BCUT2D eigenvalue weighted by Gasteiger charge is 2.72. The third-order valence-electron chi connectivity index (χ3n) is 7.57. The second kappa shape index (κ2) is 8.36. The Kier molecular flexibility index (Phi) is 6.42. The minimum Gasteiger partial charge on any atom is -0.449 e. The van der Waals surface area contributed by atoms with Crippen LogP contribution in [0.1, 0.15) is 53.9 Å². The molecular formula is C20H33N3O8S. The molecule has 0 aromatic heterocycles. The number of amides is 3. The van der Waals surface area contributed by atoms with Crippen LogP contribution in [0.5, 0.6) is 0 Å². The van der Waals surface area contributed by atoms with Crippen LogP contribution in [0.4, 0.5) is 9.59 Å². The fourth-order valence-electron chi connectivity index (χ4n) is 5.93. The van der Waals surface area contributed by atoms with Gasteiger partial charge in [-0.3, -0.25) is 4.79 Å². The van der Waals surface area contributed by atoms with E-state index in [0.717, 1.165) is 10.7 Å². The van der Waals surface area contributed by atoms with E-state index >= 15 is 0 Å². The van der Waals surface area contributed by atoms with E-state index in [1.807, 2.05) is 13.8 Å². The average Bonchev–Trinajstić information content (AvgIpc) is 3.15. The first kappa shape index (κ1) is 24.6. The molecule has 1 aliphatic heterocycles. The molecule has 3 rings (SSSR count). The number of fused-ring (bicyclic) bond motifs is 1. The maximum atomic E-state index is 13.7. The number of carbonyl (C=O) groups excluding carboxylic acids is 3. The normalized spacial score (nSPS) is 30.9. The summed E-state index contributed by atoms with van der Waals surface area (Å²) in [5.74, 6) is -0.853. The largest absolute Gasteiger partial charge is 0.449 e. The number of hydrogen-bond donors (Lipinski definition) is 2. The fraction of sp³-hybridized carbons (Fsp3) is 0.850. The minimum atomic E-state index is -4.00. The van der Waals surface area contributed by atoms with Gasteiger partial charge in [0, 0.05) is 5.41 Å². The lowest BCUT2D eigenvalue weighted by atomic mass is 9.69. The Hall–Kier alpha value is -2.08. The van der Waals surface area contributed by atoms with E-state index in [2.05, 4.69) is 5.43 Å². The number of carbonyl (C=O) groups is 3. The first-order valence-electron chi connectivity index (χ1n) is 11.0. The lowest BCUT2D eigenvalue weighted by Crippen LogP contribution is -2.63. The molecule has 3 fully saturated rings. The summed E-state index contributed by atoms with van der Waals surface area (Å²) in [5.41, 5.74) is 1.29. The molecule has 3 aliphatic rings. The fourth-order valence-corrected chi connectivity index (χ4v) is 8.48. The summed E-state index contributed by atoms with van der Waals surface area (Å²) in [7, 11) is -4.00. The van der Waals surface area contributed by atoms with Crippen LogP contribution in [0.15, 0.2) is 0 Å². The van der Waals surface area contributed by atoms with Crippen molar-refractivity contribution in [1.82, 2.24) is 14.7 Å². The molecule has 2 aliphatic carbocycles. The van der Waals surface area contributed by atoms with E-state index in [1.165, 1.54) is 13.8 Å². The molecule has 1 heterocycles. The molecule has 0 aromatic rings. The number of rotatable bonds is 5. The lowest BCUT2D eigenvalue weighted by molar-refractivity contribution is -0.139. The van der Waals surface area contributed by atoms with Crippen LogP contribution in [0.3, 0.4) is 0 Å². The number of aliphatic hydroxyl groups excluding tert-OH is 1. The van der Waals surface area contributed by atoms with Gasteiger partial charge in [0.2, 0.25) is 10.0 Å². The highest BCUT2D eigenvalue weighted by atomic mass is 32.2. The highest BCUT2D eigenvalue weighted by molar-refractivity contribution is 7.90. The summed E-state index contributed by atoms with van der Waals surface area (Å²) in [5, 5.41) is 11.0.